The first-order chi connectivity index (χ1) is 9.15. The molecule has 2 fully saturated rings. The zero-order valence-electron chi connectivity index (χ0n) is 13.1. The summed E-state index contributed by atoms with van der Waals surface area (Å²) in [5.74, 6) is 0.944. The Balaban J connectivity index is 1.89. The number of rotatable bonds is 5. The van der Waals surface area contributed by atoms with Crippen molar-refractivity contribution in [3.05, 3.63) is 0 Å². The first kappa shape index (κ1) is 15.3. The van der Waals surface area contributed by atoms with Crippen molar-refractivity contribution in [2.24, 2.45) is 11.3 Å². The van der Waals surface area contributed by atoms with E-state index in [9.17, 15) is 0 Å². The Morgan fingerprint density at radius 3 is 2.37 bits per heavy atom. The Hall–Kier alpha value is -0.120. The zero-order valence-corrected chi connectivity index (χ0v) is 13.1. The van der Waals surface area contributed by atoms with E-state index in [2.05, 4.69) is 31.2 Å². The van der Waals surface area contributed by atoms with Crippen LogP contribution in [0.3, 0.4) is 0 Å². The number of ether oxygens (including phenoxy) is 1. The third kappa shape index (κ3) is 4.17. The number of nitrogens with zero attached hydrogens (tertiary/aromatic N) is 1. The van der Waals surface area contributed by atoms with Gasteiger partial charge < -0.3 is 15.0 Å². The van der Waals surface area contributed by atoms with Gasteiger partial charge in [0.05, 0.1) is 0 Å². The number of hydrogen-bond acceptors (Lipinski definition) is 3. The van der Waals surface area contributed by atoms with Crippen LogP contribution in [0.25, 0.3) is 0 Å². The highest BCUT2D eigenvalue weighted by Gasteiger charge is 2.35. The van der Waals surface area contributed by atoms with Gasteiger partial charge in [-0.25, -0.2) is 0 Å². The van der Waals surface area contributed by atoms with Crippen LogP contribution in [0.4, 0.5) is 0 Å². The average molecular weight is 268 g/mol. The summed E-state index contributed by atoms with van der Waals surface area (Å²) >= 11 is 0. The van der Waals surface area contributed by atoms with E-state index in [4.69, 9.17) is 4.74 Å². The molecule has 1 N–H and O–H groups in total. The standard InChI is InChI=1S/C16H32N2O/c1-14-4-6-15(7-5-14)18(3)13-16(12-17-2)8-10-19-11-9-16/h14-15,17H,4-13H2,1-3H3. The molecule has 1 heterocycles. The predicted molar refractivity (Wildman–Crippen MR) is 80.5 cm³/mol. The van der Waals surface area contributed by atoms with Gasteiger partial charge in [-0.15, -0.1) is 0 Å². The molecule has 0 bridgehead atoms. The second-order valence-corrected chi connectivity index (χ2v) is 6.97. The maximum atomic E-state index is 5.57. The van der Waals surface area contributed by atoms with E-state index in [-0.39, 0.29) is 0 Å². The molecule has 3 heteroatoms. The van der Waals surface area contributed by atoms with Gasteiger partial charge in [-0.05, 0) is 64.0 Å². The Bertz CT molecular complexity index is 250. The van der Waals surface area contributed by atoms with Gasteiger partial charge in [0.1, 0.15) is 0 Å². The molecule has 0 aromatic rings. The molecule has 0 spiro atoms. The van der Waals surface area contributed by atoms with Crippen LogP contribution in [-0.2, 0) is 4.74 Å². The van der Waals surface area contributed by atoms with Crippen LogP contribution in [0.1, 0.15) is 45.4 Å². The van der Waals surface area contributed by atoms with Gasteiger partial charge in [0.25, 0.3) is 0 Å². The van der Waals surface area contributed by atoms with E-state index in [1.807, 2.05) is 0 Å². The third-order valence-corrected chi connectivity index (χ3v) is 5.30. The molecule has 0 aromatic heterocycles. The summed E-state index contributed by atoms with van der Waals surface area (Å²) in [6, 6.07) is 0.813. The van der Waals surface area contributed by atoms with Crippen LogP contribution in [0, 0.1) is 11.3 Å². The molecule has 112 valence electrons. The van der Waals surface area contributed by atoms with Crippen molar-refractivity contribution in [3.63, 3.8) is 0 Å². The van der Waals surface area contributed by atoms with Gasteiger partial charge in [0.15, 0.2) is 0 Å². The fraction of sp³-hybridized carbons (Fsp3) is 1.00. The van der Waals surface area contributed by atoms with E-state index in [0.717, 1.165) is 31.7 Å². The number of nitrogens with one attached hydrogen (secondary N) is 1. The molecule has 0 unspecified atom stereocenters. The molecule has 0 atom stereocenters. The van der Waals surface area contributed by atoms with Crippen molar-refractivity contribution in [1.82, 2.24) is 10.2 Å². The first-order valence-electron chi connectivity index (χ1n) is 8.08. The van der Waals surface area contributed by atoms with E-state index < -0.39 is 0 Å². The lowest BCUT2D eigenvalue weighted by molar-refractivity contribution is -0.00937. The SMILES string of the molecule is CNCC1(CN(C)C2CCC(C)CC2)CCOCC1. The molecule has 0 amide bonds. The molecule has 0 aromatic carbocycles. The van der Waals surface area contributed by atoms with Crippen molar-refractivity contribution in [3.8, 4) is 0 Å². The first-order valence-corrected chi connectivity index (χ1v) is 8.08. The molecule has 0 radical (unpaired) electrons. The summed E-state index contributed by atoms with van der Waals surface area (Å²) in [5.41, 5.74) is 0.435. The van der Waals surface area contributed by atoms with Crippen molar-refractivity contribution in [2.75, 3.05) is 40.4 Å². The maximum Gasteiger partial charge on any atom is 0.0472 e. The lowest BCUT2D eigenvalue weighted by atomic mass is 9.78. The molecule has 1 saturated carbocycles. The van der Waals surface area contributed by atoms with Crippen LogP contribution in [0.5, 0.6) is 0 Å². The summed E-state index contributed by atoms with van der Waals surface area (Å²) in [7, 11) is 4.42. The predicted octanol–water partition coefficient (Wildman–Crippen LogP) is 2.51. The van der Waals surface area contributed by atoms with Crippen LogP contribution < -0.4 is 5.32 Å². The molecular weight excluding hydrogens is 236 g/mol. The van der Waals surface area contributed by atoms with E-state index >= 15 is 0 Å². The highest BCUT2D eigenvalue weighted by Crippen LogP contribution is 2.33. The summed E-state index contributed by atoms with van der Waals surface area (Å²) in [5, 5.41) is 3.41. The molecular formula is C16H32N2O. The molecule has 1 saturated heterocycles. The van der Waals surface area contributed by atoms with E-state index in [0.29, 0.717) is 5.41 Å². The minimum atomic E-state index is 0.435. The quantitative estimate of drug-likeness (QED) is 0.829. The van der Waals surface area contributed by atoms with Crippen molar-refractivity contribution >= 4 is 0 Å². The van der Waals surface area contributed by atoms with Crippen LogP contribution in [-0.4, -0.2) is 51.3 Å². The fourth-order valence-electron chi connectivity index (χ4n) is 3.91. The summed E-state index contributed by atoms with van der Waals surface area (Å²) in [6.07, 6.45) is 8.03. The summed E-state index contributed by atoms with van der Waals surface area (Å²) in [6.45, 7) is 6.64. The van der Waals surface area contributed by atoms with E-state index in [1.54, 1.807) is 0 Å². The van der Waals surface area contributed by atoms with Gasteiger partial charge in [-0.2, -0.15) is 0 Å². The van der Waals surface area contributed by atoms with Gasteiger partial charge in [0, 0.05) is 32.3 Å². The van der Waals surface area contributed by atoms with Crippen molar-refractivity contribution in [1.29, 1.82) is 0 Å². The van der Waals surface area contributed by atoms with E-state index in [1.165, 1.54) is 45.1 Å². The Morgan fingerprint density at radius 2 is 1.79 bits per heavy atom. The largest absolute Gasteiger partial charge is 0.381 e. The normalized spacial score (nSPS) is 31.6. The molecule has 1 aliphatic carbocycles. The molecule has 19 heavy (non-hydrogen) atoms. The minimum Gasteiger partial charge on any atom is -0.381 e. The van der Waals surface area contributed by atoms with Gasteiger partial charge in [-0.1, -0.05) is 6.92 Å². The molecule has 1 aliphatic heterocycles. The topological polar surface area (TPSA) is 24.5 Å². The monoisotopic (exact) mass is 268 g/mol. The highest BCUT2D eigenvalue weighted by molar-refractivity contribution is 4.88. The lowest BCUT2D eigenvalue weighted by Gasteiger charge is -2.43. The van der Waals surface area contributed by atoms with Crippen molar-refractivity contribution in [2.45, 2.75) is 51.5 Å². The van der Waals surface area contributed by atoms with Crippen LogP contribution >= 0.6 is 0 Å². The van der Waals surface area contributed by atoms with Crippen LogP contribution in [0.15, 0.2) is 0 Å². The Kier molecular flexibility index (Phi) is 5.67. The van der Waals surface area contributed by atoms with Gasteiger partial charge in [-0.3, -0.25) is 0 Å². The molecule has 2 rings (SSSR count). The van der Waals surface area contributed by atoms with Gasteiger partial charge in [0.2, 0.25) is 0 Å². The summed E-state index contributed by atoms with van der Waals surface area (Å²) < 4.78 is 5.57. The minimum absolute atomic E-state index is 0.435. The maximum absolute atomic E-state index is 5.57. The third-order valence-electron chi connectivity index (χ3n) is 5.30. The summed E-state index contributed by atoms with van der Waals surface area (Å²) in [4.78, 5) is 2.65. The Morgan fingerprint density at radius 1 is 1.16 bits per heavy atom. The van der Waals surface area contributed by atoms with Gasteiger partial charge >= 0.3 is 0 Å². The Labute approximate surface area is 119 Å². The lowest BCUT2D eigenvalue weighted by Crippen LogP contribution is -2.48. The molecule has 3 nitrogen and oxygen atoms in total. The highest BCUT2D eigenvalue weighted by atomic mass is 16.5. The second kappa shape index (κ2) is 7.05. The van der Waals surface area contributed by atoms with Crippen LogP contribution in [0.2, 0.25) is 0 Å². The zero-order chi connectivity index (χ0) is 13.7. The van der Waals surface area contributed by atoms with Crippen molar-refractivity contribution < 1.29 is 4.74 Å². The number of hydrogen-bond donors (Lipinski definition) is 1. The second-order valence-electron chi connectivity index (χ2n) is 6.97. The fourth-order valence-corrected chi connectivity index (χ4v) is 3.91. The average Bonchev–Trinajstić information content (AvgIpc) is 2.40. The molecule has 2 aliphatic rings. The smallest absolute Gasteiger partial charge is 0.0472 e.